The van der Waals surface area contributed by atoms with E-state index in [4.69, 9.17) is 13.6 Å². The summed E-state index contributed by atoms with van der Waals surface area (Å²) in [7, 11) is -2.04. The number of hydrogen-bond acceptors (Lipinski definition) is 5. The normalized spacial score (nSPS) is 11.7. The fraction of sp³-hybridized carbons (Fsp3) is 0.556. The van der Waals surface area contributed by atoms with Gasteiger partial charge in [0.05, 0.1) is 26.6 Å². The minimum atomic E-state index is -3.52. The lowest BCUT2D eigenvalue weighted by Gasteiger charge is -2.16. The van der Waals surface area contributed by atoms with Crippen LogP contribution in [0.3, 0.4) is 0 Å². The Bertz CT molecular complexity index is 251. The third kappa shape index (κ3) is 6.33. The zero-order valence-electron chi connectivity index (χ0n) is 9.26. The molecular weight excluding hydrogens is 219 g/mol. The van der Waals surface area contributed by atoms with Crippen molar-refractivity contribution in [2.75, 3.05) is 20.3 Å². The van der Waals surface area contributed by atoms with Gasteiger partial charge >= 0.3 is 7.82 Å². The molecule has 15 heavy (non-hydrogen) atoms. The van der Waals surface area contributed by atoms with Gasteiger partial charge in [0.2, 0.25) is 0 Å². The van der Waals surface area contributed by atoms with Gasteiger partial charge in [0.1, 0.15) is 5.76 Å². The van der Waals surface area contributed by atoms with Gasteiger partial charge in [-0.2, -0.15) is 0 Å². The first kappa shape index (κ1) is 14.2. The number of ether oxygens (including phenoxy) is 1. The molecule has 0 bridgehead atoms. The summed E-state index contributed by atoms with van der Waals surface area (Å²) < 4.78 is 31.2. The Kier molecular flexibility index (Phi) is 7.13. The zero-order chi connectivity index (χ0) is 11.7. The standard InChI is InChI=1S/C9H17O5P/c1-5-12-15(10,13-6-2)14-9(3)7-8-11-4/h7-8H,3,5-6H2,1-2,4H3/b8-7+. The van der Waals surface area contributed by atoms with E-state index in [9.17, 15) is 4.57 Å². The van der Waals surface area contributed by atoms with Crippen molar-refractivity contribution < 1.29 is 22.9 Å². The molecule has 0 aliphatic carbocycles. The number of rotatable bonds is 8. The molecule has 6 heteroatoms. The minimum absolute atomic E-state index is 0.155. The van der Waals surface area contributed by atoms with Crippen molar-refractivity contribution in [2.24, 2.45) is 0 Å². The van der Waals surface area contributed by atoms with Crippen molar-refractivity contribution in [2.45, 2.75) is 13.8 Å². The number of hydrogen-bond donors (Lipinski definition) is 0. The lowest BCUT2D eigenvalue weighted by Crippen LogP contribution is -1.98. The highest BCUT2D eigenvalue weighted by atomic mass is 31.2. The maximum absolute atomic E-state index is 11.8. The van der Waals surface area contributed by atoms with Crippen LogP contribution in [0, 0.1) is 0 Å². The number of methoxy groups -OCH3 is 1. The Balaban J connectivity index is 4.34. The average Bonchev–Trinajstić information content (AvgIpc) is 2.15. The van der Waals surface area contributed by atoms with E-state index in [0.717, 1.165) is 0 Å². The molecule has 0 N–H and O–H groups in total. The molecule has 0 fully saturated rings. The topological polar surface area (TPSA) is 54.0 Å². The molecule has 0 saturated heterocycles. The molecule has 5 nitrogen and oxygen atoms in total. The van der Waals surface area contributed by atoms with E-state index in [1.165, 1.54) is 19.4 Å². The van der Waals surface area contributed by atoms with Gasteiger partial charge < -0.3 is 9.26 Å². The third-order valence-electron chi connectivity index (χ3n) is 1.19. The molecule has 0 radical (unpaired) electrons. The van der Waals surface area contributed by atoms with Crippen molar-refractivity contribution in [3.05, 3.63) is 24.7 Å². The minimum Gasteiger partial charge on any atom is -0.504 e. The summed E-state index contributed by atoms with van der Waals surface area (Å²) in [6.45, 7) is 7.38. The smallest absolute Gasteiger partial charge is 0.504 e. The molecule has 0 aliphatic rings. The van der Waals surface area contributed by atoms with Crippen LogP contribution in [-0.4, -0.2) is 20.3 Å². The second-order valence-electron chi connectivity index (χ2n) is 2.38. The van der Waals surface area contributed by atoms with Crippen LogP contribution < -0.4 is 0 Å². The molecule has 88 valence electrons. The van der Waals surface area contributed by atoms with Crippen LogP contribution >= 0.6 is 7.82 Å². The predicted molar refractivity (Wildman–Crippen MR) is 57.2 cm³/mol. The average molecular weight is 236 g/mol. The van der Waals surface area contributed by atoms with E-state index >= 15 is 0 Å². The second kappa shape index (κ2) is 7.51. The molecule has 0 amide bonds. The van der Waals surface area contributed by atoms with Crippen LogP contribution in [0.15, 0.2) is 24.7 Å². The van der Waals surface area contributed by atoms with Gasteiger partial charge in [-0.1, -0.05) is 6.58 Å². The first-order valence-corrected chi connectivity index (χ1v) is 6.01. The van der Waals surface area contributed by atoms with E-state index in [-0.39, 0.29) is 19.0 Å². The summed E-state index contributed by atoms with van der Waals surface area (Å²) in [4.78, 5) is 0. The van der Waals surface area contributed by atoms with Gasteiger partial charge in [-0.05, 0) is 13.8 Å². The first-order valence-electron chi connectivity index (χ1n) is 4.55. The molecule has 0 unspecified atom stereocenters. The molecule has 0 aromatic rings. The van der Waals surface area contributed by atoms with Gasteiger partial charge in [0.15, 0.2) is 0 Å². The molecule has 0 aromatic carbocycles. The Labute approximate surface area is 90.3 Å². The third-order valence-corrected chi connectivity index (χ3v) is 2.80. The SMILES string of the molecule is C=C(/C=C/OC)OP(=O)(OCC)OCC. The second-order valence-corrected chi connectivity index (χ2v) is 3.97. The van der Waals surface area contributed by atoms with Gasteiger partial charge in [-0.25, -0.2) is 4.57 Å². The van der Waals surface area contributed by atoms with Crippen molar-refractivity contribution >= 4 is 7.82 Å². The Hall–Kier alpha value is -0.770. The molecule has 0 atom stereocenters. The first-order chi connectivity index (χ1) is 7.08. The monoisotopic (exact) mass is 236 g/mol. The van der Waals surface area contributed by atoms with E-state index in [1.54, 1.807) is 13.8 Å². The van der Waals surface area contributed by atoms with Crippen LogP contribution in [0.25, 0.3) is 0 Å². The molecule has 0 saturated carbocycles. The van der Waals surface area contributed by atoms with Crippen LogP contribution in [0.5, 0.6) is 0 Å². The van der Waals surface area contributed by atoms with Crippen LogP contribution in [0.2, 0.25) is 0 Å². The van der Waals surface area contributed by atoms with E-state index < -0.39 is 7.82 Å². The summed E-state index contributed by atoms with van der Waals surface area (Å²) in [6.07, 6.45) is 2.77. The maximum Gasteiger partial charge on any atom is 0.530 e. The van der Waals surface area contributed by atoms with Crippen LogP contribution in [0.4, 0.5) is 0 Å². The highest BCUT2D eigenvalue weighted by Gasteiger charge is 2.26. The molecule has 0 aliphatic heterocycles. The fourth-order valence-electron chi connectivity index (χ4n) is 0.724. The zero-order valence-corrected chi connectivity index (χ0v) is 10.2. The molecule has 0 heterocycles. The number of phosphoric acid groups is 1. The van der Waals surface area contributed by atoms with E-state index in [1.807, 2.05) is 0 Å². The van der Waals surface area contributed by atoms with Crippen LogP contribution in [0.1, 0.15) is 13.8 Å². The van der Waals surface area contributed by atoms with Gasteiger partial charge in [0.25, 0.3) is 0 Å². The van der Waals surface area contributed by atoms with Gasteiger partial charge in [-0.3, -0.25) is 9.05 Å². The fourth-order valence-corrected chi connectivity index (χ4v) is 1.88. The summed E-state index contributed by atoms with van der Waals surface area (Å²) >= 11 is 0. The summed E-state index contributed by atoms with van der Waals surface area (Å²) in [6, 6.07) is 0. The largest absolute Gasteiger partial charge is 0.530 e. The molecular formula is C9H17O5P. The lowest BCUT2D eigenvalue weighted by molar-refractivity contribution is 0.148. The van der Waals surface area contributed by atoms with Crippen molar-refractivity contribution in [3.8, 4) is 0 Å². The van der Waals surface area contributed by atoms with E-state index in [0.29, 0.717) is 0 Å². The molecule has 0 rings (SSSR count). The maximum atomic E-state index is 11.8. The van der Waals surface area contributed by atoms with Crippen LogP contribution in [-0.2, 0) is 22.9 Å². The Morgan fingerprint density at radius 3 is 2.27 bits per heavy atom. The van der Waals surface area contributed by atoms with Gasteiger partial charge in [-0.15, -0.1) is 0 Å². The van der Waals surface area contributed by atoms with E-state index in [2.05, 4.69) is 11.3 Å². The molecule has 0 aromatic heterocycles. The highest BCUT2D eigenvalue weighted by Crippen LogP contribution is 2.51. The number of allylic oxidation sites excluding steroid dienone is 1. The lowest BCUT2D eigenvalue weighted by atomic mass is 10.5. The quantitative estimate of drug-likeness (QED) is 0.368. The van der Waals surface area contributed by atoms with Crippen molar-refractivity contribution in [1.29, 1.82) is 0 Å². The Morgan fingerprint density at radius 1 is 1.33 bits per heavy atom. The predicted octanol–water partition coefficient (Wildman–Crippen LogP) is 2.86. The number of phosphoric ester groups is 1. The van der Waals surface area contributed by atoms with Crippen molar-refractivity contribution in [1.82, 2.24) is 0 Å². The van der Waals surface area contributed by atoms with Gasteiger partial charge in [0, 0.05) is 6.08 Å². The summed E-state index contributed by atoms with van der Waals surface area (Å²) in [5, 5.41) is 0. The molecule has 0 spiro atoms. The Morgan fingerprint density at radius 2 is 1.87 bits per heavy atom. The summed E-state index contributed by atoms with van der Waals surface area (Å²) in [5.74, 6) is 0.155. The van der Waals surface area contributed by atoms with Crippen molar-refractivity contribution in [3.63, 3.8) is 0 Å². The highest BCUT2D eigenvalue weighted by molar-refractivity contribution is 7.48. The summed E-state index contributed by atoms with van der Waals surface area (Å²) in [5.41, 5.74) is 0.